The third-order valence-corrected chi connectivity index (χ3v) is 9.20. The molecule has 0 spiro atoms. The van der Waals surface area contributed by atoms with Crippen molar-refractivity contribution in [3.05, 3.63) is 46.5 Å². The summed E-state index contributed by atoms with van der Waals surface area (Å²) < 4.78 is 54.0. The number of anilines is 3. The van der Waals surface area contributed by atoms with Crippen LogP contribution in [0, 0.1) is 0 Å². The molecular weight excluding hydrogens is 605 g/mol. The zero-order chi connectivity index (χ0) is 30.4. The van der Waals surface area contributed by atoms with Gasteiger partial charge in [-0.15, -0.1) is 0 Å². The van der Waals surface area contributed by atoms with Crippen molar-refractivity contribution in [3.63, 3.8) is 0 Å². The van der Waals surface area contributed by atoms with E-state index >= 15 is 0 Å². The minimum atomic E-state index is -4.00. The number of nitrogen functional groups attached to an aromatic ring is 1. The van der Waals surface area contributed by atoms with E-state index in [9.17, 15) is 9.36 Å². The molecule has 4 aliphatic rings. The van der Waals surface area contributed by atoms with Crippen LogP contribution < -0.4 is 20.7 Å². The number of benzene rings is 1. The van der Waals surface area contributed by atoms with E-state index in [1.165, 1.54) is 5.57 Å². The van der Waals surface area contributed by atoms with Crippen LogP contribution in [0.4, 0.5) is 22.2 Å². The fourth-order valence-electron chi connectivity index (χ4n) is 5.55. The molecule has 6 atom stereocenters. The minimum Gasteiger partial charge on any atom is -0.476 e. The lowest BCUT2D eigenvalue weighted by molar-refractivity contribution is -0.0611. The maximum absolute atomic E-state index is 13.5. The van der Waals surface area contributed by atoms with Crippen molar-refractivity contribution in [2.45, 2.75) is 63.8 Å². The molecule has 0 amide bonds. The predicted octanol–water partition coefficient (Wildman–Crippen LogP) is 4.96. The average molecular weight is 638 g/mol. The Kier molecular flexibility index (Phi) is 8.18. The largest absolute Gasteiger partial charge is 0.509 e. The number of fused-ring (bicyclic) bond motifs is 2. The van der Waals surface area contributed by atoms with Crippen LogP contribution in [0.5, 0.6) is 5.88 Å². The molecule has 1 aromatic carbocycles. The first-order valence-corrected chi connectivity index (χ1v) is 15.7. The monoisotopic (exact) mass is 637 g/mol. The fourth-order valence-corrected chi connectivity index (χ4v) is 7.15. The minimum absolute atomic E-state index is 0.0388. The van der Waals surface area contributed by atoms with E-state index in [1.807, 2.05) is 19.9 Å². The summed E-state index contributed by atoms with van der Waals surface area (Å²) in [5, 5.41) is 3.70. The standard InChI is InChI=1S/C27H33ClN5O9P/c1-15(2)6-5-10-36-23-20-22(31-25(29)32-23)30-14-33(20)24-27(3)21(40-26(34)41-27)19(39-24)13-38-43(35)37-11-9-18(42-43)16-7-4-8-17(28)12-16/h4,6-8,12,18-19,21,24H,5,9-11,13-14H2,1-3H3,(H3,29,30,31,32)/t18-,19+,21+,24+,27+,43+/m0/s1. The number of hydrogen-bond donors (Lipinski definition) is 2. The van der Waals surface area contributed by atoms with E-state index < -0.39 is 44.1 Å². The fraction of sp³-hybridized carbons (Fsp3) is 0.519. The van der Waals surface area contributed by atoms with Crippen molar-refractivity contribution < 1.29 is 41.9 Å². The molecule has 16 heteroatoms. The third kappa shape index (κ3) is 6.00. The van der Waals surface area contributed by atoms with Crippen molar-refractivity contribution in [1.29, 1.82) is 0 Å². The number of nitrogens with two attached hydrogens (primary N) is 1. The van der Waals surface area contributed by atoms with Crippen LogP contribution in [0.25, 0.3) is 0 Å². The van der Waals surface area contributed by atoms with Crippen molar-refractivity contribution in [1.82, 2.24) is 9.97 Å². The molecule has 3 fully saturated rings. The number of rotatable bonds is 9. The lowest BCUT2D eigenvalue weighted by Gasteiger charge is -2.33. The van der Waals surface area contributed by atoms with Crippen molar-refractivity contribution in [2.24, 2.45) is 0 Å². The number of carbonyl (C=O) groups is 1. The highest BCUT2D eigenvalue weighted by atomic mass is 35.5. The lowest BCUT2D eigenvalue weighted by Crippen LogP contribution is -2.52. The van der Waals surface area contributed by atoms with Gasteiger partial charge in [0.1, 0.15) is 11.8 Å². The Morgan fingerprint density at radius 2 is 2.19 bits per heavy atom. The smallest absolute Gasteiger partial charge is 0.476 e. The van der Waals surface area contributed by atoms with E-state index in [4.69, 9.17) is 49.9 Å². The molecule has 0 unspecified atom stereocenters. The summed E-state index contributed by atoms with van der Waals surface area (Å²) in [6.07, 6.45) is -0.874. The third-order valence-electron chi connectivity index (χ3n) is 7.49. The normalized spacial score (nSPS) is 31.1. The molecule has 4 aliphatic heterocycles. The number of hydrogen-bond acceptors (Lipinski definition) is 14. The first-order valence-electron chi connectivity index (χ1n) is 13.9. The molecule has 43 heavy (non-hydrogen) atoms. The van der Waals surface area contributed by atoms with Crippen LogP contribution in [0.1, 0.15) is 45.3 Å². The van der Waals surface area contributed by atoms with Gasteiger partial charge < -0.3 is 34.9 Å². The number of carbonyl (C=O) groups excluding carboxylic acids is 1. The molecule has 6 rings (SSSR count). The lowest BCUT2D eigenvalue weighted by atomic mass is 9.96. The van der Waals surface area contributed by atoms with Gasteiger partial charge in [0.05, 0.1) is 32.6 Å². The van der Waals surface area contributed by atoms with Gasteiger partial charge >= 0.3 is 14.0 Å². The highest BCUT2D eigenvalue weighted by molar-refractivity contribution is 7.48. The van der Waals surface area contributed by atoms with Gasteiger partial charge in [-0.1, -0.05) is 35.4 Å². The molecule has 3 N–H and O–H groups in total. The van der Waals surface area contributed by atoms with E-state index in [1.54, 1.807) is 30.0 Å². The zero-order valence-electron chi connectivity index (χ0n) is 23.9. The van der Waals surface area contributed by atoms with E-state index in [0.29, 0.717) is 36.0 Å². The van der Waals surface area contributed by atoms with Crippen molar-refractivity contribution in [2.75, 3.05) is 42.4 Å². The predicted molar refractivity (Wildman–Crippen MR) is 155 cm³/mol. The number of ether oxygens (including phenoxy) is 4. The van der Waals surface area contributed by atoms with Gasteiger partial charge in [0.2, 0.25) is 11.8 Å². The molecule has 14 nitrogen and oxygen atoms in total. The summed E-state index contributed by atoms with van der Waals surface area (Å²) in [7, 11) is -4.00. The number of phosphoric acid groups is 1. The van der Waals surface area contributed by atoms with E-state index in [0.717, 1.165) is 5.56 Å². The number of phosphoric ester groups is 1. The van der Waals surface area contributed by atoms with Crippen molar-refractivity contribution >= 4 is 43.0 Å². The maximum Gasteiger partial charge on any atom is 0.509 e. The van der Waals surface area contributed by atoms with E-state index in [-0.39, 0.29) is 31.7 Å². The Balaban J connectivity index is 1.20. The Labute approximate surface area is 253 Å². The van der Waals surface area contributed by atoms with Gasteiger partial charge in [-0.3, -0.25) is 13.6 Å². The molecular formula is C27H33ClN5O9P. The highest BCUT2D eigenvalue weighted by Gasteiger charge is 2.66. The Morgan fingerprint density at radius 3 is 2.98 bits per heavy atom. The summed E-state index contributed by atoms with van der Waals surface area (Å²) >= 11 is 6.13. The van der Waals surface area contributed by atoms with Gasteiger partial charge in [0.15, 0.2) is 23.8 Å². The zero-order valence-corrected chi connectivity index (χ0v) is 25.5. The van der Waals surface area contributed by atoms with Crippen LogP contribution in [0.2, 0.25) is 5.02 Å². The molecule has 1 aromatic heterocycles. The van der Waals surface area contributed by atoms with Crippen LogP contribution in [-0.2, 0) is 32.3 Å². The molecule has 0 bridgehead atoms. The Morgan fingerprint density at radius 1 is 1.35 bits per heavy atom. The second kappa shape index (κ2) is 11.8. The van der Waals surface area contributed by atoms with Crippen LogP contribution in [0.3, 0.4) is 0 Å². The molecule has 3 saturated heterocycles. The molecule has 0 saturated carbocycles. The average Bonchev–Trinajstić information content (AvgIpc) is 3.58. The van der Waals surface area contributed by atoms with Crippen LogP contribution >= 0.6 is 19.4 Å². The molecule has 232 valence electrons. The summed E-state index contributed by atoms with van der Waals surface area (Å²) in [5.74, 6) is 0.736. The molecule has 0 aliphatic carbocycles. The molecule has 0 radical (unpaired) electrons. The van der Waals surface area contributed by atoms with Gasteiger partial charge in [0.25, 0.3) is 0 Å². The highest BCUT2D eigenvalue weighted by Crippen LogP contribution is 2.58. The number of allylic oxidation sites excluding steroid dienone is 1. The maximum atomic E-state index is 13.5. The quantitative estimate of drug-likeness (QED) is 0.164. The summed E-state index contributed by atoms with van der Waals surface area (Å²) in [6.45, 7) is 6.17. The number of halogens is 1. The van der Waals surface area contributed by atoms with Crippen LogP contribution in [-0.4, -0.2) is 66.6 Å². The van der Waals surface area contributed by atoms with Gasteiger partial charge in [-0.25, -0.2) is 9.36 Å². The first-order chi connectivity index (χ1) is 20.5. The van der Waals surface area contributed by atoms with Gasteiger partial charge in [0, 0.05) is 11.4 Å². The molecule has 5 heterocycles. The second-order valence-corrected chi connectivity index (χ2v) is 13.0. The van der Waals surface area contributed by atoms with Crippen molar-refractivity contribution in [3.8, 4) is 5.88 Å². The van der Waals surface area contributed by atoms with Gasteiger partial charge in [-0.05, 0) is 44.9 Å². The molecule has 2 aromatic rings. The summed E-state index contributed by atoms with van der Waals surface area (Å²) in [5.41, 5.74) is 7.09. The topological polar surface area (TPSA) is 166 Å². The van der Waals surface area contributed by atoms with Crippen LogP contribution in [0.15, 0.2) is 35.9 Å². The number of nitrogens with one attached hydrogen (secondary N) is 1. The summed E-state index contributed by atoms with van der Waals surface area (Å²) in [4.78, 5) is 22.8. The van der Waals surface area contributed by atoms with E-state index in [2.05, 4.69) is 21.4 Å². The van der Waals surface area contributed by atoms with Gasteiger partial charge in [-0.2, -0.15) is 9.97 Å². The second-order valence-electron chi connectivity index (χ2n) is 10.9. The number of nitrogens with zero attached hydrogens (tertiary/aromatic N) is 3. The Hall–Kier alpha value is -3.13. The first kappa shape index (κ1) is 29.9. The SMILES string of the molecule is CC(C)=CCCOc1nc(N)nc2c1N([C@@H]1O[C@H](CO[P@@]3(=O)OCC[C@@H](c4cccc(Cl)c4)O3)[C@H]3OC(=O)O[C@]31C)CN2. The summed E-state index contributed by atoms with van der Waals surface area (Å²) in [6, 6.07) is 7.10. The number of aromatic nitrogens is 2. The Bertz CT molecular complexity index is 1480.